The standard InChI is InChI=1S/C19H18ClFN4/c1-2-11-22-12-18-19(14-7-4-3-5-8-14)24-25(23-18)13-15-16(20)9-6-10-17(15)21/h2-10,22H,1,11-13H2. The predicted molar refractivity (Wildman–Crippen MR) is 97.9 cm³/mol. The van der Waals surface area contributed by atoms with Crippen LogP contribution in [-0.2, 0) is 13.1 Å². The van der Waals surface area contributed by atoms with Crippen LogP contribution in [0.3, 0.4) is 0 Å². The highest BCUT2D eigenvalue weighted by molar-refractivity contribution is 6.31. The maximum atomic E-state index is 14.0. The largest absolute Gasteiger partial charge is 0.308 e. The number of benzene rings is 2. The number of hydrogen-bond donors (Lipinski definition) is 1. The Bertz CT molecular complexity index is 841. The third-order valence-electron chi connectivity index (χ3n) is 3.71. The molecule has 0 aliphatic rings. The minimum absolute atomic E-state index is 0.173. The van der Waals surface area contributed by atoms with Gasteiger partial charge in [-0.15, -0.1) is 6.58 Å². The Morgan fingerprint density at radius 2 is 1.92 bits per heavy atom. The summed E-state index contributed by atoms with van der Waals surface area (Å²) in [7, 11) is 0. The predicted octanol–water partition coefficient (Wildman–Crippen LogP) is 4.06. The van der Waals surface area contributed by atoms with Crippen molar-refractivity contribution in [3.05, 3.63) is 83.3 Å². The van der Waals surface area contributed by atoms with Crippen LogP contribution in [0.5, 0.6) is 0 Å². The number of rotatable bonds is 7. The van der Waals surface area contributed by atoms with E-state index in [1.54, 1.807) is 18.2 Å². The normalized spacial score (nSPS) is 10.8. The van der Waals surface area contributed by atoms with Crippen LogP contribution in [0.1, 0.15) is 11.3 Å². The molecule has 0 fully saturated rings. The Balaban J connectivity index is 1.94. The van der Waals surface area contributed by atoms with Gasteiger partial charge in [0.1, 0.15) is 17.2 Å². The van der Waals surface area contributed by atoms with Crippen LogP contribution < -0.4 is 5.32 Å². The molecule has 0 spiro atoms. The van der Waals surface area contributed by atoms with E-state index in [0.29, 0.717) is 23.7 Å². The summed E-state index contributed by atoms with van der Waals surface area (Å²) in [4.78, 5) is 1.48. The highest BCUT2D eigenvalue weighted by atomic mass is 35.5. The van der Waals surface area contributed by atoms with Crippen molar-refractivity contribution >= 4 is 11.6 Å². The molecule has 0 saturated carbocycles. The quantitative estimate of drug-likeness (QED) is 0.512. The van der Waals surface area contributed by atoms with Crippen LogP contribution in [0.4, 0.5) is 4.39 Å². The summed E-state index contributed by atoms with van der Waals surface area (Å²) in [5.74, 6) is -0.364. The average molecular weight is 357 g/mol. The van der Waals surface area contributed by atoms with Gasteiger partial charge in [0.15, 0.2) is 0 Å². The smallest absolute Gasteiger partial charge is 0.129 e. The summed E-state index contributed by atoms with van der Waals surface area (Å²) in [6.07, 6.45) is 1.78. The first-order valence-corrected chi connectivity index (χ1v) is 8.30. The van der Waals surface area contributed by atoms with Gasteiger partial charge in [0.25, 0.3) is 0 Å². The molecule has 0 radical (unpaired) electrons. The lowest BCUT2D eigenvalue weighted by atomic mass is 10.1. The fraction of sp³-hybridized carbons (Fsp3) is 0.158. The lowest BCUT2D eigenvalue weighted by Crippen LogP contribution is -2.14. The SMILES string of the molecule is C=CCNCc1nn(Cc2c(F)cccc2Cl)nc1-c1ccccc1. The number of nitrogens with one attached hydrogen (secondary N) is 1. The molecule has 2 aromatic carbocycles. The second kappa shape index (κ2) is 8.05. The van der Waals surface area contributed by atoms with Crippen LogP contribution in [0.2, 0.25) is 5.02 Å². The molecule has 0 amide bonds. The summed E-state index contributed by atoms with van der Waals surface area (Å²) >= 11 is 6.11. The molecule has 1 heterocycles. The molecule has 0 saturated heterocycles. The topological polar surface area (TPSA) is 42.7 Å². The molecule has 3 aromatic rings. The van der Waals surface area contributed by atoms with Crippen molar-refractivity contribution in [2.24, 2.45) is 0 Å². The zero-order valence-electron chi connectivity index (χ0n) is 13.6. The van der Waals surface area contributed by atoms with E-state index in [9.17, 15) is 4.39 Å². The second-order valence-electron chi connectivity index (χ2n) is 5.51. The minimum atomic E-state index is -0.364. The molecule has 0 bridgehead atoms. The van der Waals surface area contributed by atoms with Crippen molar-refractivity contribution in [1.82, 2.24) is 20.3 Å². The van der Waals surface area contributed by atoms with Crippen molar-refractivity contribution in [3.8, 4) is 11.3 Å². The molecule has 3 rings (SSSR count). The van der Waals surface area contributed by atoms with E-state index in [1.807, 2.05) is 30.3 Å². The monoisotopic (exact) mass is 356 g/mol. The van der Waals surface area contributed by atoms with Gasteiger partial charge in [-0.25, -0.2) is 4.39 Å². The van der Waals surface area contributed by atoms with Gasteiger partial charge in [-0.3, -0.25) is 0 Å². The highest BCUT2D eigenvalue weighted by Crippen LogP contribution is 2.23. The lowest BCUT2D eigenvalue weighted by Gasteiger charge is -2.04. The number of hydrogen-bond acceptors (Lipinski definition) is 3. The number of halogens is 2. The van der Waals surface area contributed by atoms with E-state index in [4.69, 9.17) is 11.6 Å². The molecule has 0 aliphatic carbocycles. The van der Waals surface area contributed by atoms with Gasteiger partial charge in [0, 0.05) is 29.2 Å². The van der Waals surface area contributed by atoms with Gasteiger partial charge in [0.05, 0.1) is 6.54 Å². The van der Waals surface area contributed by atoms with Gasteiger partial charge >= 0.3 is 0 Å². The van der Waals surface area contributed by atoms with Crippen LogP contribution >= 0.6 is 11.6 Å². The Morgan fingerprint density at radius 3 is 2.64 bits per heavy atom. The molecular formula is C19H18ClFN4. The molecule has 0 atom stereocenters. The first kappa shape index (κ1) is 17.3. The van der Waals surface area contributed by atoms with Crippen molar-refractivity contribution in [2.75, 3.05) is 6.54 Å². The molecule has 4 nitrogen and oxygen atoms in total. The second-order valence-corrected chi connectivity index (χ2v) is 5.92. The lowest BCUT2D eigenvalue weighted by molar-refractivity contribution is 0.544. The fourth-order valence-electron chi connectivity index (χ4n) is 2.51. The van der Waals surface area contributed by atoms with Crippen LogP contribution in [-0.4, -0.2) is 21.5 Å². The zero-order chi connectivity index (χ0) is 17.6. The Labute approximate surface area is 150 Å². The van der Waals surface area contributed by atoms with Crippen molar-refractivity contribution < 1.29 is 4.39 Å². The Hall–Kier alpha value is -2.50. The van der Waals surface area contributed by atoms with Crippen molar-refractivity contribution in [3.63, 3.8) is 0 Å². The molecule has 0 aliphatic heterocycles. The Kier molecular flexibility index (Phi) is 5.58. The van der Waals surface area contributed by atoms with E-state index in [2.05, 4.69) is 22.1 Å². The average Bonchev–Trinajstić information content (AvgIpc) is 3.02. The third-order valence-corrected chi connectivity index (χ3v) is 4.07. The highest BCUT2D eigenvalue weighted by Gasteiger charge is 2.15. The van der Waals surface area contributed by atoms with Gasteiger partial charge in [-0.1, -0.05) is 54.1 Å². The van der Waals surface area contributed by atoms with Gasteiger partial charge < -0.3 is 5.32 Å². The summed E-state index contributed by atoms with van der Waals surface area (Å²) in [5.41, 5.74) is 2.90. The summed E-state index contributed by atoms with van der Waals surface area (Å²) < 4.78 is 14.0. The molecule has 1 N–H and O–H groups in total. The zero-order valence-corrected chi connectivity index (χ0v) is 14.4. The third kappa shape index (κ3) is 4.13. The van der Waals surface area contributed by atoms with Crippen LogP contribution in [0.15, 0.2) is 61.2 Å². The molecule has 1 aromatic heterocycles. The molecule has 128 valence electrons. The first-order chi connectivity index (χ1) is 12.2. The van der Waals surface area contributed by atoms with E-state index < -0.39 is 0 Å². The number of nitrogens with zero attached hydrogens (tertiary/aromatic N) is 3. The maximum Gasteiger partial charge on any atom is 0.129 e. The van der Waals surface area contributed by atoms with E-state index in [0.717, 1.165) is 17.0 Å². The Morgan fingerprint density at radius 1 is 1.12 bits per heavy atom. The minimum Gasteiger partial charge on any atom is -0.308 e. The van der Waals surface area contributed by atoms with Crippen LogP contribution in [0.25, 0.3) is 11.3 Å². The number of aromatic nitrogens is 3. The van der Waals surface area contributed by atoms with Crippen molar-refractivity contribution in [2.45, 2.75) is 13.1 Å². The van der Waals surface area contributed by atoms with Gasteiger partial charge in [0.2, 0.25) is 0 Å². The maximum absolute atomic E-state index is 14.0. The summed E-state index contributed by atoms with van der Waals surface area (Å²) in [6, 6.07) is 14.4. The summed E-state index contributed by atoms with van der Waals surface area (Å²) in [6.45, 7) is 5.08. The van der Waals surface area contributed by atoms with E-state index >= 15 is 0 Å². The summed E-state index contributed by atoms with van der Waals surface area (Å²) in [5, 5.41) is 12.7. The van der Waals surface area contributed by atoms with Gasteiger partial charge in [-0.05, 0) is 12.1 Å². The van der Waals surface area contributed by atoms with Gasteiger partial charge in [-0.2, -0.15) is 15.0 Å². The molecule has 6 heteroatoms. The molecular weight excluding hydrogens is 339 g/mol. The molecule has 0 unspecified atom stereocenters. The van der Waals surface area contributed by atoms with Crippen LogP contribution in [0, 0.1) is 5.82 Å². The molecule has 25 heavy (non-hydrogen) atoms. The van der Waals surface area contributed by atoms with Crippen molar-refractivity contribution in [1.29, 1.82) is 0 Å². The van der Waals surface area contributed by atoms with E-state index in [1.165, 1.54) is 10.9 Å². The van der Waals surface area contributed by atoms with E-state index in [-0.39, 0.29) is 12.4 Å². The fourth-order valence-corrected chi connectivity index (χ4v) is 2.73. The first-order valence-electron chi connectivity index (χ1n) is 7.93.